The number of benzene rings is 3. The smallest absolute Gasteiger partial charge is 0.283 e. The van der Waals surface area contributed by atoms with Gasteiger partial charge in [0.2, 0.25) is 5.17 Å². The van der Waals surface area contributed by atoms with Crippen LogP contribution in [0.4, 0.5) is 4.39 Å². The Morgan fingerprint density at radius 3 is 2.45 bits per heavy atom. The van der Waals surface area contributed by atoms with Gasteiger partial charge < -0.3 is 4.74 Å². The van der Waals surface area contributed by atoms with E-state index in [0.29, 0.717) is 22.6 Å². The Bertz CT molecular complexity index is 1320. The lowest BCUT2D eigenvalue weighted by molar-refractivity contribution is -0.114. The molecule has 0 bridgehead atoms. The summed E-state index contributed by atoms with van der Waals surface area (Å²) in [5, 5.41) is 15.4. The lowest BCUT2D eigenvalue weighted by Crippen LogP contribution is -2.35. The fourth-order valence-electron chi connectivity index (χ4n) is 3.26. The average Bonchev–Trinajstić information content (AvgIpc) is 3.27. The highest BCUT2D eigenvalue weighted by atomic mass is 32.2. The lowest BCUT2D eigenvalue weighted by atomic mass is 10.1. The van der Waals surface area contributed by atoms with Gasteiger partial charge >= 0.3 is 0 Å². The number of nitrogens with zero attached hydrogens (tertiary/aromatic N) is 3. The third kappa shape index (κ3) is 4.47. The first-order valence-electron chi connectivity index (χ1n) is 10.1. The Labute approximate surface area is 193 Å². The molecule has 6 nitrogen and oxygen atoms in total. The van der Waals surface area contributed by atoms with E-state index in [4.69, 9.17) is 10.1 Å². The molecule has 0 spiro atoms. The first kappa shape index (κ1) is 20.8. The number of hydrogen-bond donors (Lipinski definition) is 1. The number of rotatable bonds is 5. The topological polar surface area (TPSA) is 78.1 Å². The van der Waals surface area contributed by atoms with Crippen LogP contribution in [0.25, 0.3) is 6.08 Å². The molecule has 0 fully saturated rings. The molecule has 8 heteroatoms. The largest absolute Gasteiger partial charge is 0.489 e. The third-order valence-electron chi connectivity index (χ3n) is 4.99. The van der Waals surface area contributed by atoms with Crippen LogP contribution in [0.3, 0.4) is 0 Å². The Hall–Kier alpha value is -4.04. The molecule has 33 heavy (non-hydrogen) atoms. The number of aliphatic imine (C=N–C) groups is 1. The van der Waals surface area contributed by atoms with Crippen molar-refractivity contribution in [2.75, 3.05) is 0 Å². The van der Waals surface area contributed by atoms with E-state index in [0.717, 1.165) is 16.7 Å². The summed E-state index contributed by atoms with van der Waals surface area (Å²) >= 11 is 1.27. The SMILES string of the molecule is N=C1/C(=C/c2ccc(OCc3ccc(F)cc3)cc2)C(=O)N=C2SC(c3ccccc3)=NN12. The van der Waals surface area contributed by atoms with E-state index in [1.807, 2.05) is 30.3 Å². The van der Waals surface area contributed by atoms with Crippen LogP contribution in [0.15, 0.2) is 94.5 Å². The van der Waals surface area contributed by atoms with Gasteiger partial charge in [0.25, 0.3) is 5.91 Å². The maximum Gasteiger partial charge on any atom is 0.283 e. The summed E-state index contributed by atoms with van der Waals surface area (Å²) in [5.74, 6) is -0.134. The van der Waals surface area contributed by atoms with Crippen molar-refractivity contribution < 1.29 is 13.9 Å². The standard InChI is InChI=1S/C25H17FN4O2S/c26-19-10-6-17(7-11-19)15-32-20-12-8-16(9-13-20)14-21-22(27)30-25(28-23(21)31)33-24(29-30)18-4-2-1-3-5-18/h1-14,27H,15H2/b21-14-,27-22?. The predicted molar refractivity (Wildman–Crippen MR) is 128 cm³/mol. The van der Waals surface area contributed by atoms with Crippen LogP contribution in [0.1, 0.15) is 16.7 Å². The third-order valence-corrected chi connectivity index (χ3v) is 5.94. The Kier molecular flexibility index (Phi) is 5.58. The molecule has 0 saturated heterocycles. The van der Waals surface area contributed by atoms with Gasteiger partial charge in [0.1, 0.15) is 23.2 Å². The number of fused-ring (bicyclic) bond motifs is 1. The lowest BCUT2D eigenvalue weighted by Gasteiger charge is -2.20. The Balaban J connectivity index is 1.31. The molecule has 3 aromatic carbocycles. The molecule has 0 aliphatic carbocycles. The molecule has 0 unspecified atom stereocenters. The van der Waals surface area contributed by atoms with Gasteiger partial charge in [-0.1, -0.05) is 54.6 Å². The van der Waals surface area contributed by atoms with Crippen molar-refractivity contribution in [3.05, 3.63) is 107 Å². The van der Waals surface area contributed by atoms with Gasteiger partial charge in [0.05, 0.1) is 5.57 Å². The van der Waals surface area contributed by atoms with Gasteiger partial charge in [-0.25, -0.2) is 4.39 Å². The van der Waals surface area contributed by atoms with Crippen molar-refractivity contribution in [1.29, 1.82) is 5.41 Å². The summed E-state index contributed by atoms with van der Waals surface area (Å²) in [6, 6.07) is 22.9. The maximum absolute atomic E-state index is 13.0. The zero-order valence-corrected chi connectivity index (χ0v) is 18.1. The van der Waals surface area contributed by atoms with Crippen molar-refractivity contribution in [3.63, 3.8) is 0 Å². The van der Waals surface area contributed by atoms with Gasteiger partial charge in [0.15, 0.2) is 5.84 Å². The highest BCUT2D eigenvalue weighted by Crippen LogP contribution is 2.31. The van der Waals surface area contributed by atoms with Gasteiger partial charge in [-0.3, -0.25) is 10.2 Å². The minimum Gasteiger partial charge on any atom is -0.489 e. The number of hydrazone groups is 1. The minimum absolute atomic E-state index is 0.0138. The first-order valence-corrected chi connectivity index (χ1v) is 10.9. The van der Waals surface area contributed by atoms with E-state index in [1.165, 1.54) is 28.9 Å². The van der Waals surface area contributed by atoms with Crippen LogP contribution < -0.4 is 4.74 Å². The van der Waals surface area contributed by atoms with Crippen molar-refractivity contribution >= 4 is 39.8 Å². The van der Waals surface area contributed by atoms with Crippen LogP contribution in [-0.2, 0) is 11.4 Å². The number of halogens is 1. The molecule has 3 aromatic rings. The zero-order chi connectivity index (χ0) is 22.8. The molecule has 2 aliphatic rings. The van der Waals surface area contributed by atoms with Crippen molar-refractivity contribution in [2.45, 2.75) is 6.61 Å². The molecule has 5 rings (SSSR count). The van der Waals surface area contributed by atoms with Crippen molar-refractivity contribution in [3.8, 4) is 5.75 Å². The summed E-state index contributed by atoms with van der Waals surface area (Å²) < 4.78 is 18.7. The molecule has 0 radical (unpaired) electrons. The van der Waals surface area contributed by atoms with E-state index in [1.54, 1.807) is 42.5 Å². The molecule has 1 amide bonds. The second-order valence-electron chi connectivity index (χ2n) is 7.28. The summed E-state index contributed by atoms with van der Waals surface area (Å²) in [6.45, 7) is 0.315. The molecule has 2 heterocycles. The molecular formula is C25H17FN4O2S. The number of ether oxygens (including phenoxy) is 1. The van der Waals surface area contributed by atoms with E-state index >= 15 is 0 Å². The molecule has 0 atom stereocenters. The number of amides is 1. The van der Waals surface area contributed by atoms with Crippen molar-refractivity contribution in [1.82, 2.24) is 5.01 Å². The fraction of sp³-hybridized carbons (Fsp3) is 0.0400. The number of amidine groups is 2. The summed E-state index contributed by atoms with van der Waals surface area (Å²) in [5.41, 5.74) is 2.66. The van der Waals surface area contributed by atoms with E-state index in [-0.39, 0.29) is 17.2 Å². The highest BCUT2D eigenvalue weighted by Gasteiger charge is 2.35. The van der Waals surface area contributed by atoms with Crippen LogP contribution in [0.5, 0.6) is 5.75 Å². The Morgan fingerprint density at radius 2 is 1.73 bits per heavy atom. The van der Waals surface area contributed by atoms with Crippen LogP contribution in [0.2, 0.25) is 0 Å². The van der Waals surface area contributed by atoms with Gasteiger partial charge in [-0.05, 0) is 53.2 Å². The normalized spacial score (nSPS) is 16.5. The van der Waals surface area contributed by atoms with E-state index < -0.39 is 5.91 Å². The van der Waals surface area contributed by atoms with Gasteiger partial charge in [0, 0.05) is 5.56 Å². The summed E-state index contributed by atoms with van der Waals surface area (Å²) in [7, 11) is 0. The van der Waals surface area contributed by atoms with Crippen LogP contribution >= 0.6 is 11.8 Å². The Morgan fingerprint density at radius 1 is 1.00 bits per heavy atom. The summed E-state index contributed by atoms with van der Waals surface area (Å²) in [6.07, 6.45) is 1.62. The minimum atomic E-state index is -0.472. The number of thioether (sulfide) groups is 1. The van der Waals surface area contributed by atoms with Gasteiger partial charge in [-0.2, -0.15) is 15.1 Å². The van der Waals surface area contributed by atoms with Gasteiger partial charge in [-0.15, -0.1) is 0 Å². The molecule has 0 saturated carbocycles. The summed E-state index contributed by atoms with van der Waals surface area (Å²) in [4.78, 5) is 16.7. The second-order valence-corrected chi connectivity index (χ2v) is 8.23. The quantitative estimate of drug-likeness (QED) is 0.544. The van der Waals surface area contributed by atoms with Crippen molar-refractivity contribution in [2.24, 2.45) is 10.1 Å². The molecule has 162 valence electrons. The number of carbonyl (C=O) groups is 1. The monoisotopic (exact) mass is 456 g/mol. The number of hydrogen-bond acceptors (Lipinski definition) is 5. The van der Waals surface area contributed by atoms with Crippen LogP contribution in [0, 0.1) is 11.2 Å². The second kappa shape index (κ2) is 8.84. The molecular weight excluding hydrogens is 439 g/mol. The van der Waals surface area contributed by atoms with Crippen LogP contribution in [-0.4, -0.2) is 27.0 Å². The zero-order valence-electron chi connectivity index (χ0n) is 17.2. The fourth-order valence-corrected chi connectivity index (χ4v) is 4.16. The molecule has 0 aromatic heterocycles. The first-order chi connectivity index (χ1) is 16.1. The highest BCUT2D eigenvalue weighted by molar-refractivity contribution is 8.27. The molecule has 1 N–H and O–H groups in total. The number of carbonyl (C=O) groups excluding carboxylic acids is 1. The number of nitrogens with one attached hydrogen (secondary N) is 1. The van der Waals surface area contributed by atoms with E-state index in [9.17, 15) is 9.18 Å². The molecule has 2 aliphatic heterocycles. The maximum atomic E-state index is 13.0. The van der Waals surface area contributed by atoms with E-state index in [2.05, 4.69) is 10.1 Å². The average molecular weight is 457 g/mol. The predicted octanol–water partition coefficient (Wildman–Crippen LogP) is 5.07.